The van der Waals surface area contributed by atoms with E-state index in [1.807, 2.05) is 0 Å². The first-order valence-electron chi connectivity index (χ1n) is 8.62. The standard InChI is InChI=1S/C16H29O11P/c1-3-26-16(18)14(2)12-25-9-8-23-5-4-22-6-7-24-10-11-27-15(17)13-28(19,20)21/h2-13H2,1H3,(H2,19,20,21). The van der Waals surface area contributed by atoms with E-state index in [9.17, 15) is 14.2 Å². The zero-order valence-electron chi connectivity index (χ0n) is 16.0. The van der Waals surface area contributed by atoms with Gasteiger partial charge in [0, 0.05) is 0 Å². The van der Waals surface area contributed by atoms with Crippen LogP contribution in [0.25, 0.3) is 0 Å². The first-order valence-corrected chi connectivity index (χ1v) is 10.4. The summed E-state index contributed by atoms with van der Waals surface area (Å²) in [5.74, 6) is -1.45. The highest BCUT2D eigenvalue weighted by Crippen LogP contribution is 2.33. The molecular formula is C16H29O11P. The lowest BCUT2D eigenvalue weighted by molar-refractivity contribution is -0.142. The van der Waals surface area contributed by atoms with E-state index >= 15 is 0 Å². The topological polar surface area (TPSA) is 147 Å². The van der Waals surface area contributed by atoms with Crippen LogP contribution in [0, 0.1) is 0 Å². The summed E-state index contributed by atoms with van der Waals surface area (Å²) in [6.07, 6.45) is -0.943. The summed E-state index contributed by atoms with van der Waals surface area (Å²) in [4.78, 5) is 39.4. The summed E-state index contributed by atoms with van der Waals surface area (Å²) in [5.41, 5.74) is 0.252. The Morgan fingerprint density at radius 3 is 1.75 bits per heavy atom. The Morgan fingerprint density at radius 2 is 1.29 bits per heavy atom. The summed E-state index contributed by atoms with van der Waals surface area (Å²) in [5, 5.41) is 0. The van der Waals surface area contributed by atoms with Crippen molar-refractivity contribution in [3.63, 3.8) is 0 Å². The van der Waals surface area contributed by atoms with Gasteiger partial charge in [-0.25, -0.2) is 4.79 Å². The second-order valence-corrected chi connectivity index (χ2v) is 6.90. The third-order valence-electron chi connectivity index (χ3n) is 2.78. The monoisotopic (exact) mass is 428 g/mol. The molecule has 0 aliphatic rings. The average Bonchev–Trinajstić information content (AvgIpc) is 2.60. The molecule has 0 aromatic rings. The second-order valence-electron chi connectivity index (χ2n) is 5.26. The van der Waals surface area contributed by atoms with Gasteiger partial charge >= 0.3 is 19.5 Å². The molecular weight excluding hydrogens is 399 g/mol. The number of rotatable bonds is 18. The molecule has 0 spiro atoms. The van der Waals surface area contributed by atoms with Gasteiger partial charge in [0.15, 0.2) is 0 Å². The Balaban J connectivity index is 3.30. The van der Waals surface area contributed by atoms with Crippen molar-refractivity contribution in [2.45, 2.75) is 6.92 Å². The normalized spacial score (nSPS) is 11.2. The third-order valence-corrected chi connectivity index (χ3v) is 3.45. The van der Waals surface area contributed by atoms with Crippen molar-refractivity contribution in [2.75, 3.05) is 72.2 Å². The highest BCUT2D eigenvalue weighted by molar-refractivity contribution is 7.52. The van der Waals surface area contributed by atoms with Crippen LogP contribution >= 0.6 is 7.60 Å². The largest absolute Gasteiger partial charge is 0.463 e. The molecule has 12 heteroatoms. The van der Waals surface area contributed by atoms with E-state index in [0.717, 1.165) is 0 Å². The second kappa shape index (κ2) is 16.6. The van der Waals surface area contributed by atoms with Gasteiger partial charge in [-0.15, -0.1) is 0 Å². The number of carbonyl (C=O) groups excluding carboxylic acids is 2. The van der Waals surface area contributed by atoms with Gasteiger partial charge in [0.2, 0.25) is 0 Å². The lowest BCUT2D eigenvalue weighted by Gasteiger charge is -2.09. The zero-order chi connectivity index (χ0) is 21.3. The van der Waals surface area contributed by atoms with E-state index < -0.39 is 25.7 Å². The van der Waals surface area contributed by atoms with Crippen LogP contribution in [-0.2, 0) is 42.6 Å². The van der Waals surface area contributed by atoms with Crippen molar-refractivity contribution in [3.05, 3.63) is 12.2 Å². The van der Waals surface area contributed by atoms with E-state index in [0.29, 0.717) is 39.6 Å². The van der Waals surface area contributed by atoms with Gasteiger partial charge in [0.1, 0.15) is 12.8 Å². The van der Waals surface area contributed by atoms with E-state index in [4.69, 9.17) is 33.5 Å². The predicted octanol–water partition coefficient (Wildman–Crippen LogP) is -0.107. The number of carbonyl (C=O) groups is 2. The van der Waals surface area contributed by atoms with Crippen LogP contribution in [0.4, 0.5) is 0 Å². The Bertz CT molecular complexity index is 503. The van der Waals surface area contributed by atoms with Gasteiger partial charge < -0.3 is 38.2 Å². The minimum absolute atomic E-state index is 0.0880. The van der Waals surface area contributed by atoms with E-state index in [1.165, 1.54) is 0 Å². The number of ether oxygens (including phenoxy) is 6. The minimum atomic E-state index is -4.40. The van der Waals surface area contributed by atoms with Crippen molar-refractivity contribution >= 4 is 19.5 Å². The number of hydrogen-bond acceptors (Lipinski definition) is 9. The lowest BCUT2D eigenvalue weighted by Crippen LogP contribution is -2.16. The minimum Gasteiger partial charge on any atom is -0.463 e. The quantitative estimate of drug-likeness (QED) is 0.130. The maximum Gasteiger partial charge on any atom is 0.336 e. The van der Waals surface area contributed by atoms with Crippen LogP contribution < -0.4 is 0 Å². The summed E-state index contributed by atoms with van der Waals surface area (Å²) < 4.78 is 40.8. The van der Waals surface area contributed by atoms with Crippen molar-refractivity contribution in [1.82, 2.24) is 0 Å². The first kappa shape index (κ1) is 26.7. The Labute approximate surface area is 164 Å². The smallest absolute Gasteiger partial charge is 0.336 e. The number of esters is 2. The van der Waals surface area contributed by atoms with Crippen molar-refractivity contribution in [3.8, 4) is 0 Å². The molecule has 0 bridgehead atoms. The van der Waals surface area contributed by atoms with Crippen LogP contribution in [0.3, 0.4) is 0 Å². The molecule has 0 aliphatic heterocycles. The molecule has 0 atom stereocenters. The Morgan fingerprint density at radius 1 is 0.821 bits per heavy atom. The van der Waals surface area contributed by atoms with Crippen LogP contribution in [0.1, 0.15) is 6.92 Å². The summed E-state index contributed by atoms with van der Waals surface area (Å²) in [6, 6.07) is 0. The first-order chi connectivity index (χ1) is 13.3. The molecule has 11 nitrogen and oxygen atoms in total. The molecule has 0 saturated carbocycles. The van der Waals surface area contributed by atoms with Gasteiger partial charge in [-0.2, -0.15) is 0 Å². The van der Waals surface area contributed by atoms with Gasteiger partial charge in [-0.3, -0.25) is 9.36 Å². The number of hydrogen-bond donors (Lipinski definition) is 2. The van der Waals surface area contributed by atoms with E-state index in [1.54, 1.807) is 6.92 Å². The van der Waals surface area contributed by atoms with Gasteiger partial charge in [0.05, 0.1) is 65.0 Å². The molecule has 0 rings (SSSR count). The fourth-order valence-electron chi connectivity index (χ4n) is 1.58. The summed E-state index contributed by atoms with van der Waals surface area (Å²) in [6.45, 7) is 7.62. The van der Waals surface area contributed by atoms with Crippen LogP contribution in [0.15, 0.2) is 12.2 Å². The fraction of sp³-hybridized carbons (Fsp3) is 0.750. The van der Waals surface area contributed by atoms with Gasteiger partial charge in [0.25, 0.3) is 0 Å². The SMILES string of the molecule is C=C(COCCOCCOCCOCCOC(=O)CP(=O)(O)O)C(=O)OCC. The van der Waals surface area contributed by atoms with Gasteiger partial charge in [-0.05, 0) is 6.92 Å². The van der Waals surface area contributed by atoms with Crippen LogP contribution in [0.5, 0.6) is 0 Å². The molecule has 0 unspecified atom stereocenters. The molecule has 0 aromatic heterocycles. The summed E-state index contributed by atoms with van der Waals surface area (Å²) >= 11 is 0. The maximum absolute atomic E-state index is 11.3. The molecule has 28 heavy (non-hydrogen) atoms. The van der Waals surface area contributed by atoms with Crippen molar-refractivity contribution in [1.29, 1.82) is 0 Å². The lowest BCUT2D eigenvalue weighted by atomic mass is 10.3. The van der Waals surface area contributed by atoms with Crippen LogP contribution in [0.2, 0.25) is 0 Å². The molecule has 0 fully saturated rings. The fourth-order valence-corrected chi connectivity index (χ4v) is 2.00. The summed E-state index contributed by atoms with van der Waals surface area (Å²) in [7, 11) is -4.40. The molecule has 0 saturated heterocycles. The highest BCUT2D eigenvalue weighted by atomic mass is 31.2. The molecule has 164 valence electrons. The van der Waals surface area contributed by atoms with Crippen molar-refractivity contribution in [2.24, 2.45) is 0 Å². The molecule has 0 aliphatic carbocycles. The Kier molecular flexibility index (Phi) is 15.8. The third kappa shape index (κ3) is 18.1. The predicted molar refractivity (Wildman–Crippen MR) is 96.9 cm³/mol. The van der Waals surface area contributed by atoms with Crippen molar-refractivity contribution < 1.29 is 52.4 Å². The maximum atomic E-state index is 11.3. The van der Waals surface area contributed by atoms with Gasteiger partial charge in [-0.1, -0.05) is 6.58 Å². The molecule has 0 aromatic carbocycles. The average molecular weight is 428 g/mol. The molecule has 0 heterocycles. The highest BCUT2D eigenvalue weighted by Gasteiger charge is 2.19. The molecule has 0 radical (unpaired) electrons. The molecule has 2 N–H and O–H groups in total. The molecule has 0 amide bonds. The zero-order valence-corrected chi connectivity index (χ0v) is 16.9. The van der Waals surface area contributed by atoms with E-state index in [2.05, 4.69) is 11.3 Å². The Hall–Kier alpha value is -1.33. The van der Waals surface area contributed by atoms with E-state index in [-0.39, 0.29) is 32.0 Å². The van der Waals surface area contributed by atoms with Crippen LogP contribution in [-0.4, -0.2) is 94.0 Å².